The minimum atomic E-state index is -3.65. The van der Waals surface area contributed by atoms with Crippen LogP contribution in [0, 0.1) is 0 Å². The Balaban J connectivity index is 2.44. The summed E-state index contributed by atoms with van der Waals surface area (Å²) in [6.45, 7) is 0. The van der Waals surface area contributed by atoms with E-state index in [9.17, 15) is 8.42 Å². The molecular weight excluding hydrogens is 278 g/mol. The van der Waals surface area contributed by atoms with Crippen LogP contribution in [0.4, 0.5) is 0 Å². The lowest BCUT2D eigenvalue weighted by atomic mass is 10.2. The Morgan fingerprint density at radius 1 is 0.947 bits per heavy atom. The Bertz CT molecular complexity index is 665. The van der Waals surface area contributed by atoms with Crippen LogP contribution in [0.2, 0.25) is 0 Å². The van der Waals surface area contributed by atoms with Crippen molar-refractivity contribution >= 4 is 26.8 Å². The first-order chi connectivity index (χ1) is 9.13. The molecule has 19 heavy (non-hydrogen) atoms. The molecule has 0 fully saturated rings. The summed E-state index contributed by atoms with van der Waals surface area (Å²) in [5.41, 5.74) is 0.800. The van der Waals surface area contributed by atoms with Gasteiger partial charge in [-0.1, -0.05) is 48.5 Å². The highest BCUT2D eigenvalue weighted by Gasteiger charge is 2.14. The molecule has 0 aliphatic carbocycles. The Morgan fingerprint density at radius 2 is 1.47 bits per heavy atom. The number of benzene rings is 2. The van der Waals surface area contributed by atoms with Crippen LogP contribution in [0.15, 0.2) is 70.0 Å². The maximum absolute atomic E-state index is 12.2. The molecule has 2 aromatic rings. The largest absolute Gasteiger partial charge is 0.283 e. The molecule has 2 rings (SSSR count). The van der Waals surface area contributed by atoms with Gasteiger partial charge in [0, 0.05) is 5.56 Å². The van der Waals surface area contributed by atoms with E-state index in [1.807, 2.05) is 36.6 Å². The number of nitrogens with zero attached hydrogens (tertiary/aromatic N) is 1. The Hall–Kier alpha value is -1.59. The molecule has 0 saturated heterocycles. The summed E-state index contributed by atoms with van der Waals surface area (Å²) in [6.07, 6.45) is 1.81. The molecule has 0 spiro atoms. The lowest BCUT2D eigenvalue weighted by Gasteiger charge is -2.04. The fourth-order valence-electron chi connectivity index (χ4n) is 1.54. The molecule has 0 heterocycles. The zero-order valence-corrected chi connectivity index (χ0v) is 12.0. The van der Waals surface area contributed by atoms with Crippen LogP contribution in [0.1, 0.15) is 5.56 Å². The van der Waals surface area contributed by atoms with Gasteiger partial charge in [0.1, 0.15) is 5.04 Å². The van der Waals surface area contributed by atoms with Crippen LogP contribution in [-0.4, -0.2) is 19.7 Å². The summed E-state index contributed by atoms with van der Waals surface area (Å²) in [5, 5.41) is 0.490. The van der Waals surface area contributed by atoms with E-state index in [1.165, 1.54) is 11.8 Å². The minimum Gasteiger partial charge on any atom is -0.199 e. The van der Waals surface area contributed by atoms with Crippen molar-refractivity contribution in [2.75, 3.05) is 6.26 Å². The SMILES string of the molecule is CS/C(=N\S(=O)(=O)c1ccccc1)c1ccccc1. The Morgan fingerprint density at radius 3 is 2.00 bits per heavy atom. The fourth-order valence-corrected chi connectivity index (χ4v) is 3.44. The van der Waals surface area contributed by atoms with Gasteiger partial charge in [-0.25, -0.2) is 0 Å². The van der Waals surface area contributed by atoms with Gasteiger partial charge < -0.3 is 0 Å². The molecule has 0 saturated carbocycles. The van der Waals surface area contributed by atoms with E-state index in [0.29, 0.717) is 5.04 Å². The number of rotatable bonds is 3. The quantitative estimate of drug-likeness (QED) is 0.644. The lowest BCUT2D eigenvalue weighted by Crippen LogP contribution is -2.03. The van der Waals surface area contributed by atoms with Crippen LogP contribution in [0.25, 0.3) is 0 Å². The maximum atomic E-state index is 12.2. The molecule has 98 valence electrons. The van der Waals surface area contributed by atoms with Gasteiger partial charge in [-0.05, 0) is 18.4 Å². The van der Waals surface area contributed by atoms with Crippen LogP contribution in [0.3, 0.4) is 0 Å². The first-order valence-corrected chi connectivity index (χ1v) is 8.29. The standard InChI is InChI=1S/C14H13NO2S2/c1-18-14(12-8-4-2-5-9-12)15-19(16,17)13-10-6-3-7-11-13/h2-11H,1H3/b15-14-. The Labute approximate surface area is 117 Å². The zero-order valence-electron chi connectivity index (χ0n) is 10.4. The maximum Gasteiger partial charge on any atom is 0.283 e. The van der Waals surface area contributed by atoms with Gasteiger partial charge >= 0.3 is 0 Å². The van der Waals surface area contributed by atoms with Crippen molar-refractivity contribution in [3.63, 3.8) is 0 Å². The van der Waals surface area contributed by atoms with Gasteiger partial charge in [-0.2, -0.15) is 12.8 Å². The van der Waals surface area contributed by atoms with Gasteiger partial charge in [-0.15, -0.1) is 11.8 Å². The first-order valence-electron chi connectivity index (χ1n) is 5.63. The molecule has 0 aromatic heterocycles. The molecular formula is C14H13NO2S2. The molecule has 0 atom stereocenters. The number of hydrogen-bond donors (Lipinski definition) is 0. The van der Waals surface area contributed by atoms with Crippen LogP contribution >= 0.6 is 11.8 Å². The number of hydrogen-bond acceptors (Lipinski definition) is 3. The third-order valence-corrected chi connectivity index (χ3v) is 4.58. The van der Waals surface area contributed by atoms with Crippen molar-refractivity contribution < 1.29 is 8.42 Å². The van der Waals surface area contributed by atoms with E-state index in [-0.39, 0.29) is 4.90 Å². The third-order valence-electron chi connectivity index (χ3n) is 2.46. The summed E-state index contributed by atoms with van der Waals surface area (Å²) in [6, 6.07) is 17.5. The normalized spacial score (nSPS) is 12.4. The molecule has 0 bridgehead atoms. The van der Waals surface area contributed by atoms with E-state index in [1.54, 1.807) is 30.3 Å². The summed E-state index contributed by atoms with van der Waals surface area (Å²) >= 11 is 1.32. The second-order valence-electron chi connectivity index (χ2n) is 3.75. The highest BCUT2D eigenvalue weighted by molar-refractivity contribution is 8.14. The predicted molar refractivity (Wildman–Crippen MR) is 80.1 cm³/mol. The molecule has 5 heteroatoms. The average molecular weight is 291 g/mol. The molecule has 0 unspecified atom stereocenters. The van der Waals surface area contributed by atoms with E-state index < -0.39 is 10.0 Å². The number of sulfonamides is 1. The Kier molecular flexibility index (Phi) is 4.39. The predicted octanol–water partition coefficient (Wildman–Crippen LogP) is 3.19. The van der Waals surface area contributed by atoms with Gasteiger partial charge in [0.15, 0.2) is 0 Å². The van der Waals surface area contributed by atoms with E-state index in [0.717, 1.165) is 5.56 Å². The molecule has 3 nitrogen and oxygen atoms in total. The first kappa shape index (κ1) is 13.8. The summed E-state index contributed by atoms with van der Waals surface area (Å²) in [7, 11) is -3.65. The monoisotopic (exact) mass is 291 g/mol. The van der Waals surface area contributed by atoms with Crippen molar-refractivity contribution in [2.45, 2.75) is 4.90 Å². The summed E-state index contributed by atoms with van der Waals surface area (Å²) < 4.78 is 28.3. The van der Waals surface area contributed by atoms with Gasteiger partial charge in [-0.3, -0.25) is 0 Å². The van der Waals surface area contributed by atoms with Gasteiger partial charge in [0.2, 0.25) is 0 Å². The summed E-state index contributed by atoms with van der Waals surface area (Å²) in [5.74, 6) is 0. The second kappa shape index (κ2) is 6.04. The van der Waals surface area contributed by atoms with Crippen molar-refractivity contribution in [3.8, 4) is 0 Å². The molecule has 0 amide bonds. The highest BCUT2D eigenvalue weighted by atomic mass is 32.2. The van der Waals surface area contributed by atoms with Crippen molar-refractivity contribution in [1.29, 1.82) is 0 Å². The van der Waals surface area contributed by atoms with Crippen molar-refractivity contribution in [1.82, 2.24) is 0 Å². The van der Waals surface area contributed by atoms with E-state index in [2.05, 4.69) is 4.40 Å². The number of thioether (sulfide) groups is 1. The lowest BCUT2D eigenvalue weighted by molar-refractivity contribution is 0.598. The van der Waals surface area contributed by atoms with Gasteiger partial charge in [0.05, 0.1) is 4.90 Å². The van der Waals surface area contributed by atoms with E-state index >= 15 is 0 Å². The minimum absolute atomic E-state index is 0.206. The zero-order chi connectivity index (χ0) is 13.7. The van der Waals surface area contributed by atoms with Crippen LogP contribution < -0.4 is 0 Å². The van der Waals surface area contributed by atoms with E-state index in [4.69, 9.17) is 0 Å². The smallest absolute Gasteiger partial charge is 0.199 e. The van der Waals surface area contributed by atoms with Crippen molar-refractivity contribution in [2.24, 2.45) is 4.40 Å². The molecule has 0 radical (unpaired) electrons. The molecule has 0 N–H and O–H groups in total. The third kappa shape index (κ3) is 3.45. The van der Waals surface area contributed by atoms with Crippen LogP contribution in [0.5, 0.6) is 0 Å². The van der Waals surface area contributed by atoms with Crippen molar-refractivity contribution in [3.05, 3.63) is 66.2 Å². The van der Waals surface area contributed by atoms with Gasteiger partial charge in [0.25, 0.3) is 10.0 Å². The van der Waals surface area contributed by atoms with Crippen LogP contribution in [-0.2, 0) is 10.0 Å². The molecule has 2 aromatic carbocycles. The fraction of sp³-hybridized carbons (Fsp3) is 0.0714. The average Bonchev–Trinajstić information content (AvgIpc) is 2.47. The topological polar surface area (TPSA) is 46.5 Å². The molecule has 0 aliphatic rings. The highest BCUT2D eigenvalue weighted by Crippen LogP contribution is 2.17. The second-order valence-corrected chi connectivity index (χ2v) is 6.15. The molecule has 0 aliphatic heterocycles. The summed E-state index contributed by atoms with van der Waals surface area (Å²) in [4.78, 5) is 0.206.